The van der Waals surface area contributed by atoms with Gasteiger partial charge in [-0.3, -0.25) is 0 Å². The Hall–Kier alpha value is -1.36. The molecule has 1 aromatic rings. The summed E-state index contributed by atoms with van der Waals surface area (Å²) < 4.78 is 0. The van der Waals surface area contributed by atoms with Crippen molar-refractivity contribution in [3.8, 4) is 0 Å². The van der Waals surface area contributed by atoms with Crippen molar-refractivity contribution in [2.45, 2.75) is 57.4 Å². The van der Waals surface area contributed by atoms with E-state index >= 15 is 0 Å². The first-order valence-corrected chi connectivity index (χ1v) is 8.91. The molecule has 2 aliphatic carbocycles. The molecule has 3 N–H and O–H groups in total. The van der Waals surface area contributed by atoms with Crippen LogP contribution in [0.25, 0.3) is 0 Å². The first-order valence-electron chi connectivity index (χ1n) is 8.91. The summed E-state index contributed by atoms with van der Waals surface area (Å²) in [5.74, 6) is 3.05. The third kappa shape index (κ3) is 2.35. The topological polar surface area (TPSA) is 67.1 Å². The van der Waals surface area contributed by atoms with Crippen LogP contribution in [-0.2, 0) is 6.42 Å². The summed E-state index contributed by atoms with van der Waals surface area (Å²) in [4.78, 5) is 11.7. The third-order valence-electron chi connectivity index (χ3n) is 5.73. The standard InChI is InChI=1S/C17H27N5/c1-2-19-12-9-22(10-12)16-14-8-7-11-5-3-4-6-13(11)15(14)20-17(18)21-16/h11-13,19H,2-10H2,1H3,(H2,18,20,21)/t11-,13-/m0/s1. The SMILES string of the molecule is CCNC1CN(c2nc(N)nc3c2CC[C@@H]2CCCC[C@H]32)C1. The molecule has 0 aromatic carbocycles. The molecule has 1 saturated carbocycles. The van der Waals surface area contributed by atoms with Gasteiger partial charge in [-0.15, -0.1) is 0 Å². The van der Waals surface area contributed by atoms with Crippen LogP contribution in [0.2, 0.25) is 0 Å². The Morgan fingerprint density at radius 3 is 2.82 bits per heavy atom. The molecule has 1 aromatic heterocycles. The van der Waals surface area contributed by atoms with Crippen molar-refractivity contribution in [1.82, 2.24) is 15.3 Å². The predicted molar refractivity (Wildman–Crippen MR) is 89.1 cm³/mol. The third-order valence-corrected chi connectivity index (χ3v) is 5.73. The second-order valence-electron chi connectivity index (χ2n) is 7.12. The molecular formula is C17H27N5. The van der Waals surface area contributed by atoms with E-state index < -0.39 is 0 Å². The van der Waals surface area contributed by atoms with Crippen LogP contribution in [0.5, 0.6) is 0 Å². The quantitative estimate of drug-likeness (QED) is 0.894. The summed E-state index contributed by atoms with van der Waals surface area (Å²) in [5.41, 5.74) is 8.73. The number of rotatable bonds is 3. The number of nitrogens with one attached hydrogen (secondary N) is 1. The van der Waals surface area contributed by atoms with Crippen molar-refractivity contribution in [2.24, 2.45) is 5.92 Å². The van der Waals surface area contributed by atoms with Gasteiger partial charge >= 0.3 is 0 Å². The lowest BCUT2D eigenvalue weighted by molar-refractivity contribution is 0.270. The number of nitrogen functional groups attached to an aromatic ring is 1. The molecule has 1 saturated heterocycles. The van der Waals surface area contributed by atoms with Gasteiger partial charge in [-0.2, -0.15) is 4.98 Å². The van der Waals surface area contributed by atoms with Crippen LogP contribution < -0.4 is 16.0 Å². The van der Waals surface area contributed by atoms with Gasteiger partial charge < -0.3 is 16.0 Å². The maximum atomic E-state index is 6.05. The average molecular weight is 301 g/mol. The zero-order valence-corrected chi connectivity index (χ0v) is 13.5. The summed E-state index contributed by atoms with van der Waals surface area (Å²) in [6.07, 6.45) is 7.83. The number of hydrogen-bond donors (Lipinski definition) is 2. The van der Waals surface area contributed by atoms with Crippen LogP contribution in [0, 0.1) is 5.92 Å². The summed E-state index contributed by atoms with van der Waals surface area (Å²) in [7, 11) is 0. The highest BCUT2D eigenvalue weighted by molar-refractivity contribution is 5.56. The number of likely N-dealkylation sites (N-methyl/N-ethyl adjacent to an activating group) is 1. The number of nitrogens with two attached hydrogens (primary N) is 1. The Labute approximate surface area is 132 Å². The molecule has 22 heavy (non-hydrogen) atoms. The molecular weight excluding hydrogens is 274 g/mol. The van der Waals surface area contributed by atoms with Gasteiger partial charge in [0.2, 0.25) is 5.95 Å². The summed E-state index contributed by atoms with van der Waals surface area (Å²) in [6, 6.07) is 0.600. The maximum absolute atomic E-state index is 6.05. The normalized spacial score (nSPS) is 28.0. The number of fused-ring (bicyclic) bond motifs is 3. The highest BCUT2D eigenvalue weighted by atomic mass is 15.3. The van der Waals surface area contributed by atoms with Gasteiger partial charge in [-0.25, -0.2) is 4.98 Å². The van der Waals surface area contributed by atoms with Gasteiger partial charge in [0.15, 0.2) is 0 Å². The first kappa shape index (κ1) is 14.2. The first-order chi connectivity index (χ1) is 10.8. The lowest BCUT2D eigenvalue weighted by Crippen LogP contribution is -2.58. The molecule has 0 spiro atoms. The van der Waals surface area contributed by atoms with Crippen LogP contribution in [0.3, 0.4) is 0 Å². The molecule has 120 valence electrons. The van der Waals surface area contributed by atoms with Crippen LogP contribution in [-0.4, -0.2) is 35.6 Å². The Bertz CT molecular complexity index is 552. The van der Waals surface area contributed by atoms with Gasteiger partial charge in [-0.1, -0.05) is 19.8 Å². The molecule has 3 aliphatic rings. The highest BCUT2D eigenvalue weighted by Crippen LogP contribution is 2.46. The fourth-order valence-corrected chi connectivity index (χ4v) is 4.63. The van der Waals surface area contributed by atoms with Gasteiger partial charge in [0.1, 0.15) is 5.82 Å². The largest absolute Gasteiger partial charge is 0.368 e. The molecule has 2 fully saturated rings. The predicted octanol–water partition coefficient (Wildman–Crippen LogP) is 2.08. The molecule has 2 heterocycles. The second-order valence-corrected chi connectivity index (χ2v) is 7.12. The number of nitrogens with zero attached hydrogens (tertiary/aromatic N) is 3. The molecule has 0 amide bonds. The van der Waals surface area contributed by atoms with Crippen molar-refractivity contribution < 1.29 is 0 Å². The lowest BCUT2D eigenvalue weighted by Gasteiger charge is -2.43. The highest BCUT2D eigenvalue weighted by Gasteiger charge is 2.37. The minimum atomic E-state index is 0.465. The van der Waals surface area contributed by atoms with E-state index in [4.69, 9.17) is 5.73 Å². The van der Waals surface area contributed by atoms with Crippen molar-refractivity contribution in [2.75, 3.05) is 30.3 Å². The van der Waals surface area contributed by atoms with Crippen LogP contribution in [0.4, 0.5) is 11.8 Å². The van der Waals surface area contributed by atoms with Crippen molar-refractivity contribution in [3.63, 3.8) is 0 Å². The molecule has 5 nitrogen and oxygen atoms in total. The molecule has 5 heteroatoms. The van der Waals surface area contributed by atoms with E-state index in [1.807, 2.05) is 0 Å². The summed E-state index contributed by atoms with van der Waals surface area (Å²) in [5, 5.41) is 3.51. The Balaban J connectivity index is 1.62. The van der Waals surface area contributed by atoms with Gasteiger partial charge in [0.05, 0.1) is 5.69 Å². The second kappa shape index (κ2) is 5.69. The zero-order valence-electron chi connectivity index (χ0n) is 13.5. The van der Waals surface area contributed by atoms with Crippen molar-refractivity contribution in [1.29, 1.82) is 0 Å². The Kier molecular flexibility index (Phi) is 3.68. The molecule has 0 radical (unpaired) electrons. The lowest BCUT2D eigenvalue weighted by atomic mass is 9.70. The number of aromatic nitrogens is 2. The smallest absolute Gasteiger partial charge is 0.222 e. The van der Waals surface area contributed by atoms with E-state index in [2.05, 4.69) is 27.1 Å². The Morgan fingerprint density at radius 1 is 1.18 bits per heavy atom. The van der Waals surface area contributed by atoms with E-state index in [1.165, 1.54) is 43.4 Å². The monoisotopic (exact) mass is 301 g/mol. The summed E-state index contributed by atoms with van der Waals surface area (Å²) in [6.45, 7) is 5.29. The maximum Gasteiger partial charge on any atom is 0.222 e. The molecule has 0 bridgehead atoms. The van der Waals surface area contributed by atoms with Gasteiger partial charge in [0, 0.05) is 30.6 Å². The van der Waals surface area contributed by atoms with Crippen LogP contribution >= 0.6 is 0 Å². The molecule has 0 unspecified atom stereocenters. The molecule has 4 rings (SSSR count). The van der Waals surface area contributed by atoms with E-state index in [0.717, 1.165) is 37.8 Å². The minimum Gasteiger partial charge on any atom is -0.368 e. The Morgan fingerprint density at radius 2 is 2.00 bits per heavy atom. The minimum absolute atomic E-state index is 0.465. The fourth-order valence-electron chi connectivity index (χ4n) is 4.63. The van der Waals surface area contributed by atoms with Crippen LogP contribution in [0.1, 0.15) is 56.2 Å². The van der Waals surface area contributed by atoms with E-state index in [-0.39, 0.29) is 0 Å². The zero-order chi connectivity index (χ0) is 15.1. The van der Waals surface area contributed by atoms with E-state index in [9.17, 15) is 0 Å². The van der Waals surface area contributed by atoms with Gasteiger partial charge in [-0.05, 0) is 38.1 Å². The van der Waals surface area contributed by atoms with E-state index in [1.54, 1.807) is 0 Å². The van der Waals surface area contributed by atoms with Crippen molar-refractivity contribution >= 4 is 11.8 Å². The van der Waals surface area contributed by atoms with E-state index in [0.29, 0.717) is 17.9 Å². The van der Waals surface area contributed by atoms with Crippen molar-refractivity contribution in [3.05, 3.63) is 11.3 Å². The number of anilines is 2. The molecule has 2 atom stereocenters. The number of hydrogen-bond acceptors (Lipinski definition) is 5. The van der Waals surface area contributed by atoms with Gasteiger partial charge in [0.25, 0.3) is 0 Å². The van der Waals surface area contributed by atoms with Crippen LogP contribution in [0.15, 0.2) is 0 Å². The average Bonchev–Trinajstić information content (AvgIpc) is 2.49. The summed E-state index contributed by atoms with van der Waals surface area (Å²) >= 11 is 0. The fraction of sp³-hybridized carbons (Fsp3) is 0.765. The molecule has 1 aliphatic heterocycles.